The second-order valence-electron chi connectivity index (χ2n) is 3.37. The molecule has 1 heterocycles. The number of aromatic nitrogens is 1. The van der Waals surface area contributed by atoms with Crippen LogP contribution in [0.3, 0.4) is 0 Å². The fraction of sp³-hybridized carbons (Fsp3) is 0. The Balaban J connectivity index is 2.22. The minimum absolute atomic E-state index is 0.172. The first-order chi connectivity index (χ1) is 8.56. The minimum Gasteiger partial charge on any atom is -0.439 e. The topological polar surface area (TPSA) is 91.3 Å². The van der Waals surface area contributed by atoms with Crippen molar-refractivity contribution in [2.45, 2.75) is 0 Å². The molecule has 2 N–H and O–H groups in total. The molecule has 0 spiro atoms. The quantitative estimate of drug-likeness (QED) is 0.694. The Morgan fingerprint density at radius 1 is 1.22 bits per heavy atom. The van der Waals surface area contributed by atoms with Crippen molar-refractivity contribution >= 4 is 27.4 Å². The zero-order valence-corrected chi connectivity index (χ0v) is 10.6. The van der Waals surface area contributed by atoms with Gasteiger partial charge in [0, 0.05) is 16.6 Å². The largest absolute Gasteiger partial charge is 0.439 e. The lowest BCUT2D eigenvalue weighted by atomic mass is 10.3. The SMILES string of the molecule is Nc1nc(Oc2ccc(Br)cc2)ccc1[N+](=O)[O-]. The molecule has 2 rings (SSSR count). The van der Waals surface area contributed by atoms with Crippen LogP contribution in [0.15, 0.2) is 40.9 Å². The van der Waals surface area contributed by atoms with Crippen molar-refractivity contribution < 1.29 is 9.66 Å². The van der Waals surface area contributed by atoms with Gasteiger partial charge in [-0.15, -0.1) is 0 Å². The van der Waals surface area contributed by atoms with Gasteiger partial charge in [-0.1, -0.05) is 15.9 Å². The van der Waals surface area contributed by atoms with Gasteiger partial charge in [-0.3, -0.25) is 10.1 Å². The van der Waals surface area contributed by atoms with E-state index in [0.717, 1.165) is 4.47 Å². The smallest absolute Gasteiger partial charge is 0.311 e. The van der Waals surface area contributed by atoms with Gasteiger partial charge in [0.1, 0.15) is 5.75 Å². The summed E-state index contributed by atoms with van der Waals surface area (Å²) >= 11 is 3.30. The van der Waals surface area contributed by atoms with E-state index in [1.54, 1.807) is 12.1 Å². The van der Waals surface area contributed by atoms with E-state index in [0.29, 0.717) is 5.75 Å². The lowest BCUT2D eigenvalue weighted by Gasteiger charge is -2.05. The highest BCUT2D eigenvalue weighted by Gasteiger charge is 2.13. The number of nitrogens with zero attached hydrogens (tertiary/aromatic N) is 2. The van der Waals surface area contributed by atoms with E-state index >= 15 is 0 Å². The number of nitrogen functional groups attached to an aromatic ring is 1. The number of hydrogen-bond acceptors (Lipinski definition) is 5. The number of nitrogens with two attached hydrogens (primary N) is 1. The normalized spacial score (nSPS) is 10.1. The fourth-order valence-corrected chi connectivity index (χ4v) is 1.55. The van der Waals surface area contributed by atoms with E-state index in [1.165, 1.54) is 12.1 Å². The molecule has 0 aliphatic rings. The number of rotatable bonds is 3. The molecule has 1 aromatic carbocycles. The standard InChI is InChI=1S/C11H8BrN3O3/c12-7-1-3-8(4-2-7)18-10-6-5-9(15(16)17)11(13)14-10/h1-6H,(H2,13,14). The van der Waals surface area contributed by atoms with Crippen molar-refractivity contribution in [1.82, 2.24) is 4.98 Å². The molecular formula is C11H8BrN3O3. The Morgan fingerprint density at radius 3 is 2.44 bits per heavy atom. The monoisotopic (exact) mass is 309 g/mol. The second kappa shape index (κ2) is 5.01. The highest BCUT2D eigenvalue weighted by atomic mass is 79.9. The Labute approximate surface area is 111 Å². The van der Waals surface area contributed by atoms with Crippen molar-refractivity contribution in [3.63, 3.8) is 0 Å². The predicted octanol–water partition coefficient (Wildman–Crippen LogP) is 3.13. The number of benzene rings is 1. The van der Waals surface area contributed by atoms with E-state index < -0.39 is 4.92 Å². The van der Waals surface area contributed by atoms with Crippen molar-refractivity contribution in [3.05, 3.63) is 51.0 Å². The molecule has 0 saturated heterocycles. The average molecular weight is 310 g/mol. The summed E-state index contributed by atoms with van der Waals surface area (Å²) in [6.45, 7) is 0. The third-order valence-electron chi connectivity index (χ3n) is 2.11. The maximum atomic E-state index is 10.6. The lowest BCUT2D eigenvalue weighted by molar-refractivity contribution is -0.384. The highest BCUT2D eigenvalue weighted by molar-refractivity contribution is 9.10. The van der Waals surface area contributed by atoms with Crippen LogP contribution in [-0.2, 0) is 0 Å². The molecule has 2 aromatic rings. The van der Waals surface area contributed by atoms with Gasteiger partial charge in [0.05, 0.1) is 4.92 Å². The van der Waals surface area contributed by atoms with Crippen molar-refractivity contribution in [2.24, 2.45) is 0 Å². The summed E-state index contributed by atoms with van der Waals surface area (Å²) < 4.78 is 6.34. The van der Waals surface area contributed by atoms with E-state index in [2.05, 4.69) is 20.9 Å². The average Bonchev–Trinajstić information content (AvgIpc) is 2.32. The molecule has 0 fully saturated rings. The summed E-state index contributed by atoms with van der Waals surface area (Å²) in [6.07, 6.45) is 0. The Morgan fingerprint density at radius 2 is 1.89 bits per heavy atom. The molecule has 0 aliphatic carbocycles. The van der Waals surface area contributed by atoms with E-state index in [-0.39, 0.29) is 17.4 Å². The molecule has 0 bridgehead atoms. The minimum atomic E-state index is -0.592. The number of hydrogen-bond donors (Lipinski definition) is 1. The number of anilines is 1. The summed E-state index contributed by atoms with van der Waals surface area (Å²) in [6, 6.07) is 9.76. The summed E-state index contributed by atoms with van der Waals surface area (Å²) in [7, 11) is 0. The first-order valence-corrected chi connectivity index (χ1v) is 5.70. The summed E-state index contributed by atoms with van der Waals surface area (Å²) in [5.74, 6) is 0.606. The third-order valence-corrected chi connectivity index (χ3v) is 2.64. The van der Waals surface area contributed by atoms with E-state index in [4.69, 9.17) is 10.5 Å². The van der Waals surface area contributed by atoms with Crippen LogP contribution in [0.4, 0.5) is 11.5 Å². The van der Waals surface area contributed by atoms with Crippen LogP contribution in [0.25, 0.3) is 0 Å². The summed E-state index contributed by atoms with van der Waals surface area (Å²) in [5.41, 5.74) is 5.22. The molecule has 1 aromatic heterocycles. The first-order valence-electron chi connectivity index (χ1n) is 4.90. The van der Waals surface area contributed by atoms with Crippen molar-refractivity contribution in [1.29, 1.82) is 0 Å². The van der Waals surface area contributed by atoms with Crippen molar-refractivity contribution in [3.8, 4) is 11.6 Å². The Hall–Kier alpha value is -2.15. The first kappa shape index (κ1) is 12.3. The van der Waals surface area contributed by atoms with E-state index in [9.17, 15) is 10.1 Å². The number of nitro groups is 1. The Bertz CT molecular complexity index is 587. The van der Waals surface area contributed by atoms with Gasteiger partial charge in [-0.25, -0.2) is 0 Å². The lowest BCUT2D eigenvalue weighted by Crippen LogP contribution is -1.99. The molecular weight excluding hydrogens is 302 g/mol. The van der Waals surface area contributed by atoms with Gasteiger partial charge >= 0.3 is 5.69 Å². The van der Waals surface area contributed by atoms with Gasteiger partial charge in [0.25, 0.3) is 0 Å². The molecule has 92 valence electrons. The highest BCUT2D eigenvalue weighted by Crippen LogP contribution is 2.26. The molecule has 7 heteroatoms. The predicted molar refractivity (Wildman–Crippen MR) is 69.5 cm³/mol. The molecule has 0 atom stereocenters. The van der Waals surface area contributed by atoms with Gasteiger partial charge < -0.3 is 10.5 Å². The van der Waals surface area contributed by atoms with Crippen LogP contribution >= 0.6 is 15.9 Å². The van der Waals surface area contributed by atoms with Crippen LogP contribution in [-0.4, -0.2) is 9.91 Å². The molecule has 0 aliphatic heterocycles. The van der Waals surface area contributed by atoms with Gasteiger partial charge in [-0.05, 0) is 24.3 Å². The molecule has 0 unspecified atom stereocenters. The van der Waals surface area contributed by atoms with Gasteiger partial charge in [-0.2, -0.15) is 4.98 Å². The maximum Gasteiger partial charge on any atom is 0.311 e. The van der Waals surface area contributed by atoms with Crippen LogP contribution in [0.2, 0.25) is 0 Å². The zero-order chi connectivity index (χ0) is 13.1. The molecule has 6 nitrogen and oxygen atoms in total. The molecule has 0 amide bonds. The molecule has 0 radical (unpaired) electrons. The maximum absolute atomic E-state index is 10.6. The molecule has 18 heavy (non-hydrogen) atoms. The number of ether oxygens (including phenoxy) is 1. The third kappa shape index (κ3) is 2.75. The van der Waals surface area contributed by atoms with Gasteiger partial charge in [0.2, 0.25) is 11.7 Å². The Kier molecular flexibility index (Phi) is 3.42. The van der Waals surface area contributed by atoms with E-state index in [1.807, 2.05) is 12.1 Å². The number of halogens is 1. The fourth-order valence-electron chi connectivity index (χ4n) is 1.28. The van der Waals surface area contributed by atoms with Crippen LogP contribution in [0.5, 0.6) is 11.6 Å². The molecule has 0 saturated carbocycles. The summed E-state index contributed by atoms with van der Waals surface area (Å²) in [5, 5.41) is 10.6. The van der Waals surface area contributed by atoms with Gasteiger partial charge in [0.15, 0.2) is 0 Å². The van der Waals surface area contributed by atoms with Crippen LogP contribution < -0.4 is 10.5 Å². The zero-order valence-electron chi connectivity index (χ0n) is 9.04. The number of pyridine rings is 1. The second-order valence-corrected chi connectivity index (χ2v) is 4.28. The van der Waals surface area contributed by atoms with Crippen LogP contribution in [0.1, 0.15) is 0 Å². The van der Waals surface area contributed by atoms with Crippen molar-refractivity contribution in [2.75, 3.05) is 5.73 Å². The summed E-state index contributed by atoms with van der Waals surface area (Å²) in [4.78, 5) is 13.8. The van der Waals surface area contributed by atoms with Crippen LogP contribution in [0, 0.1) is 10.1 Å².